The Hall–Kier alpha value is -1.72. The Kier molecular flexibility index (Phi) is 5.03. The maximum Gasteiger partial charge on any atom is 0.379 e. The van der Waals surface area contributed by atoms with Crippen LogP contribution in [0, 0.1) is 11.3 Å². The molecular weight excluding hydrogens is 338 g/mol. The normalized spacial score (nSPS) is 12.6. The fourth-order valence-corrected chi connectivity index (χ4v) is 2.07. The zero-order valence-corrected chi connectivity index (χ0v) is 11.9. The Balaban J connectivity index is 3.31. The van der Waals surface area contributed by atoms with Crippen LogP contribution in [0.25, 0.3) is 0 Å². The molecule has 5 nitrogen and oxygen atoms in total. The molecule has 0 aliphatic rings. The molecule has 0 bridgehead atoms. The smallest absolute Gasteiger partial charge is 0.379 e. The summed E-state index contributed by atoms with van der Waals surface area (Å²) in [5.74, 6) is -6.52. The molecule has 1 aromatic rings. The van der Waals surface area contributed by atoms with E-state index in [2.05, 4.69) is 20.7 Å². The maximum absolute atomic E-state index is 13.9. The van der Waals surface area contributed by atoms with E-state index < -0.39 is 29.2 Å². The first kappa shape index (κ1) is 16.3. The number of hydrogen-bond donors (Lipinski definition) is 2. The zero-order valence-electron chi connectivity index (χ0n) is 10.4. The molecule has 1 rings (SSSR count). The molecule has 0 unspecified atom stereocenters. The van der Waals surface area contributed by atoms with Gasteiger partial charge in [0.15, 0.2) is 0 Å². The minimum Gasteiger partial charge on any atom is -0.506 e. The van der Waals surface area contributed by atoms with Crippen LogP contribution in [-0.4, -0.2) is 23.6 Å². The van der Waals surface area contributed by atoms with Gasteiger partial charge in [-0.3, -0.25) is 0 Å². The van der Waals surface area contributed by atoms with E-state index in [0.29, 0.717) is 0 Å². The molecule has 0 heterocycles. The second-order valence-corrected chi connectivity index (χ2v) is 4.64. The number of alkyl halides is 2. The van der Waals surface area contributed by atoms with Crippen molar-refractivity contribution in [3.8, 4) is 11.8 Å². The first-order valence-electron chi connectivity index (χ1n) is 5.49. The number of nitrogens with zero attached hydrogens (tertiary/aromatic N) is 1. The zero-order chi connectivity index (χ0) is 15.5. The van der Waals surface area contributed by atoms with Gasteiger partial charge in [-0.2, -0.15) is 14.0 Å². The summed E-state index contributed by atoms with van der Waals surface area (Å²) in [4.78, 5) is 11.2. The monoisotopic (exact) mass is 348 g/mol. The molecule has 0 saturated heterocycles. The predicted octanol–water partition coefficient (Wildman–Crippen LogP) is 2.22. The number of rotatable bonds is 4. The van der Waals surface area contributed by atoms with E-state index in [9.17, 15) is 18.7 Å². The first-order valence-corrected chi connectivity index (χ1v) is 6.28. The molecular formula is C12H11BrF2N2O3. The van der Waals surface area contributed by atoms with Crippen molar-refractivity contribution in [3.05, 3.63) is 27.7 Å². The minimum absolute atomic E-state index is 0.0606. The van der Waals surface area contributed by atoms with Gasteiger partial charge in [0.25, 0.3) is 0 Å². The van der Waals surface area contributed by atoms with Gasteiger partial charge in [0.2, 0.25) is 0 Å². The molecule has 0 radical (unpaired) electrons. The highest BCUT2D eigenvalue weighted by Gasteiger charge is 2.49. The Morgan fingerprint density at radius 1 is 1.65 bits per heavy atom. The van der Waals surface area contributed by atoms with Gasteiger partial charge < -0.3 is 15.6 Å². The third kappa shape index (κ3) is 2.89. The SMILES string of the molecule is CCOC(=O)C(F)(F)[C@H](N)c1c(Br)ccc(C#N)c1O. The second-order valence-electron chi connectivity index (χ2n) is 3.79. The van der Waals surface area contributed by atoms with E-state index in [0.717, 1.165) is 0 Å². The number of ether oxygens (including phenoxy) is 1. The molecule has 0 saturated carbocycles. The lowest BCUT2D eigenvalue weighted by Gasteiger charge is -2.23. The van der Waals surface area contributed by atoms with Crippen LogP contribution in [0.2, 0.25) is 0 Å². The Labute approximate surface area is 122 Å². The number of benzene rings is 1. The lowest BCUT2D eigenvalue weighted by molar-refractivity contribution is -0.174. The van der Waals surface area contributed by atoms with Crippen molar-refractivity contribution in [2.75, 3.05) is 6.61 Å². The van der Waals surface area contributed by atoms with Crippen LogP contribution < -0.4 is 5.73 Å². The summed E-state index contributed by atoms with van der Waals surface area (Å²) in [7, 11) is 0. The third-order valence-electron chi connectivity index (χ3n) is 2.53. The van der Waals surface area contributed by atoms with Gasteiger partial charge in [-0.15, -0.1) is 0 Å². The van der Waals surface area contributed by atoms with Crippen molar-refractivity contribution in [1.29, 1.82) is 5.26 Å². The quantitative estimate of drug-likeness (QED) is 0.813. The van der Waals surface area contributed by atoms with Gasteiger partial charge in [0.05, 0.1) is 12.2 Å². The molecule has 20 heavy (non-hydrogen) atoms. The summed E-state index contributed by atoms with van der Waals surface area (Å²) >= 11 is 2.96. The van der Waals surface area contributed by atoms with Gasteiger partial charge in [-0.25, -0.2) is 4.79 Å². The second kappa shape index (κ2) is 6.15. The third-order valence-corrected chi connectivity index (χ3v) is 3.23. The number of halogens is 3. The van der Waals surface area contributed by atoms with Crippen LogP contribution in [0.3, 0.4) is 0 Å². The highest BCUT2D eigenvalue weighted by Crippen LogP contribution is 2.40. The average molecular weight is 349 g/mol. The van der Waals surface area contributed by atoms with Gasteiger partial charge in [-0.1, -0.05) is 15.9 Å². The van der Waals surface area contributed by atoms with Crippen molar-refractivity contribution in [1.82, 2.24) is 0 Å². The summed E-state index contributed by atoms with van der Waals surface area (Å²) in [6, 6.07) is 2.01. The van der Waals surface area contributed by atoms with E-state index in [4.69, 9.17) is 11.0 Å². The van der Waals surface area contributed by atoms with Crippen LogP contribution >= 0.6 is 15.9 Å². The maximum atomic E-state index is 13.9. The average Bonchev–Trinajstić information content (AvgIpc) is 2.39. The molecule has 1 atom stereocenters. The number of phenolic OH excluding ortho intramolecular Hbond substituents is 1. The van der Waals surface area contributed by atoms with Gasteiger partial charge in [0, 0.05) is 10.0 Å². The lowest BCUT2D eigenvalue weighted by Crippen LogP contribution is -2.42. The van der Waals surface area contributed by atoms with Gasteiger partial charge >= 0.3 is 11.9 Å². The van der Waals surface area contributed by atoms with Gasteiger partial charge in [0.1, 0.15) is 17.9 Å². The fraction of sp³-hybridized carbons (Fsp3) is 0.333. The number of carbonyl (C=O) groups is 1. The summed E-state index contributed by atoms with van der Waals surface area (Å²) in [6.07, 6.45) is 0. The standard InChI is InChI=1S/C12H11BrF2N2O3/c1-2-20-11(19)12(14,15)10(17)8-7(13)4-3-6(5-16)9(8)18/h3-4,10,18H,2,17H2,1H3/t10-/m1/s1. The molecule has 0 fully saturated rings. The van der Waals surface area contributed by atoms with Crippen LogP contribution in [0.1, 0.15) is 24.1 Å². The fourth-order valence-electron chi connectivity index (χ4n) is 1.51. The number of phenols is 1. The molecule has 0 amide bonds. The van der Waals surface area contributed by atoms with Crippen molar-refractivity contribution < 1.29 is 23.4 Å². The lowest BCUT2D eigenvalue weighted by atomic mass is 9.98. The summed E-state index contributed by atoms with van der Waals surface area (Å²) in [5.41, 5.74) is 4.73. The van der Waals surface area contributed by atoms with Crippen LogP contribution in [0.15, 0.2) is 16.6 Å². The van der Waals surface area contributed by atoms with Crippen LogP contribution in [0.5, 0.6) is 5.75 Å². The molecule has 8 heteroatoms. The van der Waals surface area contributed by atoms with Crippen LogP contribution in [-0.2, 0) is 9.53 Å². The molecule has 0 aliphatic carbocycles. The Morgan fingerprint density at radius 2 is 2.25 bits per heavy atom. The van der Waals surface area contributed by atoms with Crippen molar-refractivity contribution in [2.24, 2.45) is 5.73 Å². The minimum atomic E-state index is -4.04. The largest absolute Gasteiger partial charge is 0.506 e. The molecule has 1 aromatic carbocycles. The topological polar surface area (TPSA) is 96.3 Å². The first-order chi connectivity index (χ1) is 9.27. The number of esters is 1. The summed E-state index contributed by atoms with van der Waals surface area (Å²) in [6.45, 7) is 1.15. The number of carbonyl (C=O) groups excluding carboxylic acids is 1. The summed E-state index contributed by atoms with van der Waals surface area (Å²) in [5, 5.41) is 18.6. The summed E-state index contributed by atoms with van der Waals surface area (Å²) < 4.78 is 32.0. The Bertz CT molecular complexity index is 573. The van der Waals surface area contributed by atoms with Gasteiger partial charge in [-0.05, 0) is 19.1 Å². The van der Waals surface area contributed by atoms with Crippen LogP contribution in [0.4, 0.5) is 8.78 Å². The highest BCUT2D eigenvalue weighted by molar-refractivity contribution is 9.10. The van der Waals surface area contributed by atoms with E-state index >= 15 is 0 Å². The van der Waals surface area contributed by atoms with Crippen molar-refractivity contribution >= 4 is 21.9 Å². The Morgan fingerprint density at radius 3 is 2.75 bits per heavy atom. The van der Waals surface area contributed by atoms with E-state index in [1.54, 1.807) is 6.07 Å². The molecule has 108 valence electrons. The molecule has 3 N–H and O–H groups in total. The van der Waals surface area contributed by atoms with Crippen molar-refractivity contribution in [2.45, 2.75) is 18.9 Å². The van der Waals surface area contributed by atoms with E-state index in [1.807, 2.05) is 0 Å². The van der Waals surface area contributed by atoms with E-state index in [1.165, 1.54) is 19.1 Å². The number of nitriles is 1. The van der Waals surface area contributed by atoms with Crippen molar-refractivity contribution in [3.63, 3.8) is 0 Å². The number of nitrogens with two attached hydrogens (primary N) is 1. The predicted molar refractivity (Wildman–Crippen MR) is 69.0 cm³/mol. The molecule has 0 aromatic heterocycles. The van der Waals surface area contributed by atoms with E-state index in [-0.39, 0.29) is 16.6 Å². The number of hydrogen-bond acceptors (Lipinski definition) is 5. The molecule has 0 aliphatic heterocycles. The highest BCUT2D eigenvalue weighted by atomic mass is 79.9. The molecule has 0 spiro atoms. The number of aromatic hydroxyl groups is 1.